The van der Waals surface area contributed by atoms with Gasteiger partial charge in [-0.25, -0.2) is 0 Å². The van der Waals surface area contributed by atoms with Crippen molar-refractivity contribution in [1.29, 1.82) is 0 Å². The number of amides is 1. The van der Waals surface area contributed by atoms with Gasteiger partial charge in [0, 0.05) is 24.6 Å². The molecule has 1 aliphatic rings. The van der Waals surface area contributed by atoms with Crippen LogP contribution in [0.4, 0.5) is 0 Å². The van der Waals surface area contributed by atoms with Crippen LogP contribution in [0.25, 0.3) is 0 Å². The molecule has 116 valence electrons. The Morgan fingerprint density at radius 1 is 1.36 bits per heavy atom. The van der Waals surface area contributed by atoms with Crippen LogP contribution in [-0.2, 0) is 6.42 Å². The summed E-state index contributed by atoms with van der Waals surface area (Å²) in [5, 5.41) is 3.96. The molecule has 22 heavy (non-hydrogen) atoms. The van der Waals surface area contributed by atoms with Crippen LogP contribution in [0.5, 0.6) is 0 Å². The number of rotatable bonds is 4. The van der Waals surface area contributed by atoms with Crippen LogP contribution in [0.15, 0.2) is 40.9 Å². The lowest BCUT2D eigenvalue weighted by molar-refractivity contribution is 0.0726. The molecular weight excluding hydrogens is 276 g/mol. The molecular formula is C18H22N2O2. The Hall–Kier alpha value is -2.10. The molecule has 4 heteroatoms. The minimum atomic E-state index is -0.00548. The molecule has 1 atom stereocenters. The minimum Gasteiger partial charge on any atom is -0.360 e. The average molecular weight is 298 g/mol. The van der Waals surface area contributed by atoms with Crippen LogP contribution in [0, 0.1) is 0 Å². The van der Waals surface area contributed by atoms with E-state index in [0.717, 1.165) is 31.6 Å². The summed E-state index contributed by atoms with van der Waals surface area (Å²) < 4.78 is 5.26. The fraction of sp³-hybridized carbons (Fsp3) is 0.444. The van der Waals surface area contributed by atoms with Gasteiger partial charge in [0.05, 0.1) is 0 Å². The number of carbonyl (C=O) groups excluding carboxylic acids is 1. The highest BCUT2D eigenvalue weighted by atomic mass is 16.5. The summed E-state index contributed by atoms with van der Waals surface area (Å²) in [4.78, 5) is 14.6. The highest BCUT2D eigenvalue weighted by Crippen LogP contribution is 2.24. The normalized spacial score (nSPS) is 18.1. The van der Waals surface area contributed by atoms with Gasteiger partial charge in [-0.2, -0.15) is 0 Å². The first kappa shape index (κ1) is 14.8. The van der Waals surface area contributed by atoms with Crippen molar-refractivity contribution in [3.8, 4) is 0 Å². The zero-order chi connectivity index (χ0) is 15.5. The van der Waals surface area contributed by atoms with Gasteiger partial charge >= 0.3 is 0 Å². The Bertz CT molecular complexity index is 634. The van der Waals surface area contributed by atoms with E-state index in [1.54, 1.807) is 6.07 Å². The van der Waals surface area contributed by atoms with Crippen LogP contribution < -0.4 is 0 Å². The molecule has 0 radical (unpaired) electrons. The van der Waals surface area contributed by atoms with E-state index in [1.165, 1.54) is 5.56 Å². The molecule has 1 aliphatic heterocycles. The van der Waals surface area contributed by atoms with Gasteiger partial charge < -0.3 is 9.42 Å². The zero-order valence-corrected chi connectivity index (χ0v) is 13.2. The first-order chi connectivity index (χ1) is 10.6. The summed E-state index contributed by atoms with van der Waals surface area (Å²) in [5.41, 5.74) is 1.71. The molecule has 2 aromatic rings. The van der Waals surface area contributed by atoms with E-state index in [9.17, 15) is 4.79 Å². The molecule has 3 rings (SSSR count). The van der Waals surface area contributed by atoms with Gasteiger partial charge in [0.2, 0.25) is 0 Å². The first-order valence-electron chi connectivity index (χ1n) is 7.96. The molecule has 1 aromatic carbocycles. The number of carbonyl (C=O) groups is 1. The van der Waals surface area contributed by atoms with E-state index in [-0.39, 0.29) is 17.9 Å². The molecule has 0 bridgehead atoms. The Morgan fingerprint density at radius 2 is 2.14 bits per heavy atom. The fourth-order valence-electron chi connectivity index (χ4n) is 3.01. The summed E-state index contributed by atoms with van der Waals surface area (Å²) in [7, 11) is 0. The topological polar surface area (TPSA) is 46.3 Å². The predicted molar refractivity (Wildman–Crippen MR) is 84.8 cm³/mol. The van der Waals surface area contributed by atoms with Crippen LogP contribution in [0.2, 0.25) is 0 Å². The molecule has 2 heterocycles. The van der Waals surface area contributed by atoms with Crippen molar-refractivity contribution in [2.75, 3.05) is 6.54 Å². The molecule has 1 saturated heterocycles. The molecule has 0 aliphatic carbocycles. The fourth-order valence-corrected chi connectivity index (χ4v) is 3.01. The van der Waals surface area contributed by atoms with Gasteiger partial charge in [-0.05, 0) is 24.8 Å². The third kappa shape index (κ3) is 3.06. The van der Waals surface area contributed by atoms with E-state index in [0.29, 0.717) is 5.69 Å². The highest BCUT2D eigenvalue weighted by molar-refractivity contribution is 5.92. The van der Waals surface area contributed by atoms with E-state index >= 15 is 0 Å². The van der Waals surface area contributed by atoms with Gasteiger partial charge in [-0.15, -0.1) is 0 Å². The molecule has 0 spiro atoms. The van der Waals surface area contributed by atoms with E-state index in [1.807, 2.05) is 36.9 Å². The van der Waals surface area contributed by atoms with Crippen molar-refractivity contribution < 1.29 is 9.32 Å². The Labute approximate surface area is 131 Å². The Balaban J connectivity index is 1.73. The Kier molecular flexibility index (Phi) is 4.27. The molecule has 4 nitrogen and oxygen atoms in total. The smallest absolute Gasteiger partial charge is 0.276 e. The van der Waals surface area contributed by atoms with Gasteiger partial charge in [-0.1, -0.05) is 49.3 Å². The van der Waals surface area contributed by atoms with Gasteiger partial charge in [-0.3, -0.25) is 4.79 Å². The van der Waals surface area contributed by atoms with Crippen LogP contribution in [-0.4, -0.2) is 28.6 Å². The molecule has 1 unspecified atom stereocenters. The molecule has 0 saturated carbocycles. The predicted octanol–water partition coefficient (Wildman–Crippen LogP) is 3.65. The number of aromatic nitrogens is 1. The number of benzene rings is 1. The van der Waals surface area contributed by atoms with Crippen LogP contribution >= 0.6 is 0 Å². The average Bonchev–Trinajstić information content (AvgIpc) is 3.17. The van der Waals surface area contributed by atoms with E-state index in [2.05, 4.69) is 17.3 Å². The number of likely N-dealkylation sites (tertiary alicyclic amines) is 1. The van der Waals surface area contributed by atoms with Crippen molar-refractivity contribution in [3.05, 3.63) is 53.4 Å². The van der Waals surface area contributed by atoms with Crippen LogP contribution in [0.1, 0.15) is 54.4 Å². The zero-order valence-electron chi connectivity index (χ0n) is 13.2. The van der Waals surface area contributed by atoms with Crippen LogP contribution in [0.3, 0.4) is 0 Å². The van der Waals surface area contributed by atoms with Crippen molar-refractivity contribution in [1.82, 2.24) is 10.1 Å². The third-order valence-corrected chi connectivity index (χ3v) is 4.27. The van der Waals surface area contributed by atoms with Gasteiger partial charge in [0.25, 0.3) is 5.91 Å². The second kappa shape index (κ2) is 6.34. The summed E-state index contributed by atoms with van der Waals surface area (Å²) in [5.74, 6) is 1.00. The maximum atomic E-state index is 12.7. The maximum Gasteiger partial charge on any atom is 0.276 e. The van der Waals surface area contributed by atoms with Crippen molar-refractivity contribution >= 4 is 5.91 Å². The quantitative estimate of drug-likeness (QED) is 0.865. The minimum absolute atomic E-state index is 0.00548. The van der Waals surface area contributed by atoms with E-state index < -0.39 is 0 Å². The monoisotopic (exact) mass is 298 g/mol. The standard InChI is InChI=1S/C18H22N2O2/c1-13(2)17-12-16(19-22-17)18(21)20-10-6-9-15(20)11-14-7-4-3-5-8-14/h3-5,7-8,12-13,15H,6,9-11H2,1-2H3. The summed E-state index contributed by atoms with van der Waals surface area (Å²) >= 11 is 0. The lowest BCUT2D eigenvalue weighted by Gasteiger charge is -2.23. The van der Waals surface area contributed by atoms with E-state index in [4.69, 9.17) is 4.52 Å². The number of hydrogen-bond acceptors (Lipinski definition) is 3. The SMILES string of the molecule is CC(C)c1cc(C(=O)N2CCCC2Cc2ccccc2)no1. The molecule has 0 N–H and O–H groups in total. The van der Waals surface area contributed by atoms with Gasteiger partial charge in [0.15, 0.2) is 5.69 Å². The summed E-state index contributed by atoms with van der Waals surface area (Å²) in [6, 6.07) is 12.4. The second-order valence-electron chi connectivity index (χ2n) is 6.25. The lowest BCUT2D eigenvalue weighted by Crippen LogP contribution is -2.37. The molecule has 1 aromatic heterocycles. The largest absolute Gasteiger partial charge is 0.360 e. The summed E-state index contributed by atoms with van der Waals surface area (Å²) in [6.45, 7) is 4.87. The second-order valence-corrected chi connectivity index (χ2v) is 6.25. The van der Waals surface area contributed by atoms with Crippen molar-refractivity contribution in [2.24, 2.45) is 0 Å². The summed E-state index contributed by atoms with van der Waals surface area (Å²) in [6.07, 6.45) is 3.01. The van der Waals surface area contributed by atoms with Gasteiger partial charge in [0.1, 0.15) is 5.76 Å². The molecule has 1 amide bonds. The number of hydrogen-bond donors (Lipinski definition) is 0. The third-order valence-electron chi connectivity index (χ3n) is 4.27. The first-order valence-corrected chi connectivity index (χ1v) is 7.96. The van der Waals surface area contributed by atoms with Crippen molar-refractivity contribution in [2.45, 2.75) is 45.1 Å². The Morgan fingerprint density at radius 3 is 2.82 bits per heavy atom. The number of nitrogens with zero attached hydrogens (tertiary/aromatic N) is 2. The molecule has 1 fully saturated rings. The highest BCUT2D eigenvalue weighted by Gasteiger charge is 2.31. The lowest BCUT2D eigenvalue weighted by atomic mass is 10.0. The maximum absolute atomic E-state index is 12.7. The van der Waals surface area contributed by atoms with Crippen molar-refractivity contribution in [3.63, 3.8) is 0 Å².